The zero-order valence-corrected chi connectivity index (χ0v) is 12.5. The van der Waals surface area contributed by atoms with Gasteiger partial charge in [-0.05, 0) is 12.8 Å². The van der Waals surface area contributed by atoms with E-state index in [1.165, 1.54) is 23.8 Å². The fraction of sp³-hybridized carbons (Fsp3) is 0.667. The molecule has 1 aliphatic heterocycles. The first-order chi connectivity index (χ1) is 9.55. The summed E-state index contributed by atoms with van der Waals surface area (Å²) in [6, 6.07) is 0. The Labute approximate surface area is 119 Å². The summed E-state index contributed by atoms with van der Waals surface area (Å²) >= 11 is 0. The number of ether oxygens (including phenoxy) is 2. The van der Waals surface area contributed by atoms with Crippen molar-refractivity contribution in [3.63, 3.8) is 0 Å². The molecular formula is C12H19N3O4S. The fourth-order valence-electron chi connectivity index (χ4n) is 2.09. The molecule has 112 valence electrons. The van der Waals surface area contributed by atoms with Gasteiger partial charge in [0.25, 0.3) is 0 Å². The van der Waals surface area contributed by atoms with Crippen LogP contribution in [0.25, 0.3) is 0 Å². The number of sulfonamides is 1. The van der Waals surface area contributed by atoms with Crippen LogP contribution in [-0.4, -0.2) is 54.7 Å². The third kappa shape index (κ3) is 3.57. The summed E-state index contributed by atoms with van der Waals surface area (Å²) in [5.74, 6) is 0.902. The molecule has 0 radical (unpaired) electrons. The molecule has 2 rings (SSSR count). The van der Waals surface area contributed by atoms with Crippen molar-refractivity contribution < 1.29 is 17.9 Å². The number of rotatable bonds is 6. The quantitative estimate of drug-likeness (QED) is 0.768. The van der Waals surface area contributed by atoms with Crippen LogP contribution in [-0.2, 0) is 10.0 Å². The van der Waals surface area contributed by atoms with Gasteiger partial charge in [0.05, 0.1) is 31.8 Å². The second kappa shape index (κ2) is 6.36. The first kappa shape index (κ1) is 15.0. The smallest absolute Gasteiger partial charge is 0.235 e. The summed E-state index contributed by atoms with van der Waals surface area (Å²) in [5, 5.41) is 0. The molecule has 0 spiro atoms. The third-order valence-electron chi connectivity index (χ3n) is 3.05. The maximum Gasteiger partial charge on any atom is 0.235 e. The van der Waals surface area contributed by atoms with E-state index < -0.39 is 10.0 Å². The van der Waals surface area contributed by atoms with Gasteiger partial charge in [-0.15, -0.1) is 0 Å². The van der Waals surface area contributed by atoms with Gasteiger partial charge in [-0.2, -0.15) is 9.29 Å². The molecule has 0 bridgehead atoms. The highest BCUT2D eigenvalue weighted by Crippen LogP contribution is 2.20. The van der Waals surface area contributed by atoms with Gasteiger partial charge in [0.2, 0.25) is 21.8 Å². The SMILES string of the molecule is CCCS(=O)(=O)N1CCC(Oc2cncc(OC)n2)C1. The zero-order chi connectivity index (χ0) is 14.6. The molecule has 0 amide bonds. The maximum absolute atomic E-state index is 12.0. The highest BCUT2D eigenvalue weighted by molar-refractivity contribution is 7.89. The van der Waals surface area contributed by atoms with E-state index in [0.29, 0.717) is 37.7 Å². The molecular weight excluding hydrogens is 282 g/mol. The Morgan fingerprint density at radius 3 is 2.85 bits per heavy atom. The lowest BCUT2D eigenvalue weighted by molar-refractivity contribution is 0.203. The van der Waals surface area contributed by atoms with E-state index in [1.54, 1.807) is 0 Å². The number of hydrogen-bond donors (Lipinski definition) is 0. The summed E-state index contributed by atoms with van der Waals surface area (Å²) in [7, 11) is -1.65. The van der Waals surface area contributed by atoms with Gasteiger partial charge in [-0.25, -0.2) is 8.42 Å². The number of hydrogen-bond acceptors (Lipinski definition) is 6. The minimum Gasteiger partial charge on any atom is -0.480 e. The van der Waals surface area contributed by atoms with Gasteiger partial charge in [-0.3, -0.25) is 4.98 Å². The topological polar surface area (TPSA) is 81.6 Å². The molecule has 1 aromatic heterocycles. The van der Waals surface area contributed by atoms with Gasteiger partial charge in [0, 0.05) is 6.54 Å². The largest absolute Gasteiger partial charge is 0.480 e. The summed E-state index contributed by atoms with van der Waals surface area (Å²) in [5.41, 5.74) is 0. The molecule has 1 saturated heterocycles. The average molecular weight is 301 g/mol. The Morgan fingerprint density at radius 1 is 1.40 bits per heavy atom. The van der Waals surface area contributed by atoms with Crippen LogP contribution in [0.2, 0.25) is 0 Å². The number of methoxy groups -OCH3 is 1. The van der Waals surface area contributed by atoms with E-state index in [0.717, 1.165) is 0 Å². The standard InChI is InChI=1S/C12H19N3O4S/c1-3-6-20(16,17)15-5-4-10(9-15)19-12-8-13-7-11(14-12)18-2/h7-8,10H,3-6,9H2,1-2H3. The number of aromatic nitrogens is 2. The van der Waals surface area contributed by atoms with Crippen molar-refractivity contribution in [3.8, 4) is 11.8 Å². The van der Waals surface area contributed by atoms with Crippen molar-refractivity contribution in [2.24, 2.45) is 0 Å². The molecule has 1 aromatic rings. The monoisotopic (exact) mass is 301 g/mol. The Bertz CT molecular complexity index is 549. The Morgan fingerprint density at radius 2 is 2.15 bits per heavy atom. The summed E-state index contributed by atoms with van der Waals surface area (Å²) in [6.07, 6.45) is 4.06. The van der Waals surface area contributed by atoms with Crippen LogP contribution < -0.4 is 9.47 Å². The van der Waals surface area contributed by atoms with E-state index in [2.05, 4.69) is 9.97 Å². The molecule has 0 aromatic carbocycles. The van der Waals surface area contributed by atoms with Crippen molar-refractivity contribution in [3.05, 3.63) is 12.4 Å². The predicted octanol–water partition coefficient (Wildman–Crippen LogP) is 0.678. The highest BCUT2D eigenvalue weighted by Gasteiger charge is 2.32. The number of nitrogens with zero attached hydrogens (tertiary/aromatic N) is 3. The van der Waals surface area contributed by atoms with Crippen LogP contribution >= 0.6 is 0 Å². The van der Waals surface area contributed by atoms with Gasteiger partial charge < -0.3 is 9.47 Å². The predicted molar refractivity (Wildman–Crippen MR) is 73.3 cm³/mol. The van der Waals surface area contributed by atoms with Crippen molar-refractivity contribution in [2.75, 3.05) is 26.0 Å². The zero-order valence-electron chi connectivity index (χ0n) is 11.7. The molecule has 0 aliphatic carbocycles. The van der Waals surface area contributed by atoms with Crippen LogP contribution in [0.1, 0.15) is 19.8 Å². The lowest BCUT2D eigenvalue weighted by Crippen LogP contribution is -2.32. The summed E-state index contributed by atoms with van der Waals surface area (Å²) in [4.78, 5) is 8.05. The Hall–Kier alpha value is -1.41. The van der Waals surface area contributed by atoms with Crippen molar-refractivity contribution in [1.29, 1.82) is 0 Å². The second-order valence-corrected chi connectivity index (χ2v) is 6.69. The van der Waals surface area contributed by atoms with Crippen molar-refractivity contribution in [1.82, 2.24) is 14.3 Å². The first-order valence-corrected chi connectivity index (χ1v) is 8.16. The van der Waals surface area contributed by atoms with Gasteiger partial charge in [0.1, 0.15) is 6.10 Å². The molecule has 7 nitrogen and oxygen atoms in total. The first-order valence-electron chi connectivity index (χ1n) is 6.55. The molecule has 1 atom stereocenters. The third-order valence-corrected chi connectivity index (χ3v) is 5.09. The van der Waals surface area contributed by atoms with Gasteiger partial charge in [0.15, 0.2) is 0 Å². The highest BCUT2D eigenvalue weighted by atomic mass is 32.2. The summed E-state index contributed by atoms with van der Waals surface area (Å²) < 4.78 is 36.0. The lowest BCUT2D eigenvalue weighted by Gasteiger charge is -2.16. The molecule has 1 aliphatic rings. The second-order valence-electron chi connectivity index (χ2n) is 4.60. The average Bonchev–Trinajstić information content (AvgIpc) is 2.88. The molecule has 2 heterocycles. The van der Waals surface area contributed by atoms with Crippen LogP contribution in [0.4, 0.5) is 0 Å². The van der Waals surface area contributed by atoms with E-state index in [1.807, 2.05) is 6.92 Å². The van der Waals surface area contributed by atoms with E-state index in [-0.39, 0.29) is 11.9 Å². The minimum atomic E-state index is -3.16. The van der Waals surface area contributed by atoms with Crippen LogP contribution in [0.5, 0.6) is 11.8 Å². The van der Waals surface area contributed by atoms with Crippen molar-refractivity contribution >= 4 is 10.0 Å². The van der Waals surface area contributed by atoms with Crippen molar-refractivity contribution in [2.45, 2.75) is 25.9 Å². The molecule has 0 saturated carbocycles. The molecule has 1 fully saturated rings. The molecule has 1 unspecified atom stereocenters. The van der Waals surface area contributed by atoms with Gasteiger partial charge >= 0.3 is 0 Å². The molecule has 8 heteroatoms. The van der Waals surface area contributed by atoms with Gasteiger partial charge in [-0.1, -0.05) is 6.92 Å². The fourth-order valence-corrected chi connectivity index (χ4v) is 3.64. The Balaban J connectivity index is 1.96. The van der Waals surface area contributed by atoms with E-state index >= 15 is 0 Å². The van der Waals surface area contributed by atoms with Crippen LogP contribution in [0.15, 0.2) is 12.4 Å². The Kier molecular flexibility index (Phi) is 4.77. The maximum atomic E-state index is 12.0. The summed E-state index contributed by atoms with van der Waals surface area (Å²) in [6.45, 7) is 2.71. The lowest BCUT2D eigenvalue weighted by atomic mass is 10.3. The molecule has 0 N–H and O–H groups in total. The minimum absolute atomic E-state index is 0.179. The van der Waals surface area contributed by atoms with Crippen LogP contribution in [0.3, 0.4) is 0 Å². The van der Waals surface area contributed by atoms with Crippen LogP contribution in [0, 0.1) is 0 Å². The molecule has 20 heavy (non-hydrogen) atoms. The van der Waals surface area contributed by atoms with E-state index in [9.17, 15) is 8.42 Å². The van der Waals surface area contributed by atoms with E-state index in [4.69, 9.17) is 9.47 Å². The normalized spacial score (nSPS) is 20.0.